The van der Waals surface area contributed by atoms with Gasteiger partial charge in [-0.25, -0.2) is 4.68 Å². The number of nitrogens with two attached hydrogens (primary N) is 1. The molecule has 2 aromatic rings. The number of para-hydroxylation sites is 1. The third-order valence-electron chi connectivity index (χ3n) is 4.44. The molecule has 1 unspecified atom stereocenters. The fourth-order valence-corrected chi connectivity index (χ4v) is 3.21. The predicted molar refractivity (Wildman–Crippen MR) is 79.0 cm³/mol. The lowest BCUT2D eigenvalue weighted by atomic mass is 9.73. The maximum absolute atomic E-state index is 6.07. The summed E-state index contributed by atoms with van der Waals surface area (Å²) in [6.07, 6.45) is 4.85. The summed E-state index contributed by atoms with van der Waals surface area (Å²) in [6, 6.07) is 8.10. The van der Waals surface area contributed by atoms with Crippen LogP contribution in [0.3, 0.4) is 0 Å². The molecule has 0 radical (unpaired) electrons. The van der Waals surface area contributed by atoms with Gasteiger partial charge in [-0.1, -0.05) is 38.8 Å². The third-order valence-corrected chi connectivity index (χ3v) is 4.44. The van der Waals surface area contributed by atoms with Crippen molar-refractivity contribution in [3.05, 3.63) is 24.3 Å². The van der Waals surface area contributed by atoms with Crippen LogP contribution in [0.25, 0.3) is 11.4 Å². The van der Waals surface area contributed by atoms with Crippen molar-refractivity contribution in [2.45, 2.75) is 45.6 Å². The van der Waals surface area contributed by atoms with E-state index in [1.807, 2.05) is 28.9 Å². The summed E-state index contributed by atoms with van der Waals surface area (Å²) in [5.74, 6) is 0.781. The van der Waals surface area contributed by atoms with Gasteiger partial charge in [0, 0.05) is 11.3 Å². The van der Waals surface area contributed by atoms with Crippen LogP contribution < -0.4 is 5.73 Å². The predicted octanol–water partition coefficient (Wildman–Crippen LogP) is 3.06. The van der Waals surface area contributed by atoms with Crippen molar-refractivity contribution in [3.63, 3.8) is 0 Å². The van der Waals surface area contributed by atoms with E-state index < -0.39 is 0 Å². The van der Waals surface area contributed by atoms with Crippen LogP contribution in [0.4, 0.5) is 5.69 Å². The first kappa shape index (κ1) is 13.1. The smallest absolute Gasteiger partial charge is 0.184 e. The molecule has 0 aliphatic heterocycles. The Balaban J connectivity index is 2.05. The van der Waals surface area contributed by atoms with Gasteiger partial charge in [-0.15, -0.1) is 5.10 Å². The Bertz CT molecular complexity index is 602. The summed E-state index contributed by atoms with van der Waals surface area (Å²) < 4.78 is 1.98. The summed E-state index contributed by atoms with van der Waals surface area (Å²) >= 11 is 0. The lowest BCUT2D eigenvalue weighted by molar-refractivity contribution is 0.132. The van der Waals surface area contributed by atoms with Crippen LogP contribution >= 0.6 is 0 Å². The summed E-state index contributed by atoms with van der Waals surface area (Å²) in [4.78, 5) is 0. The van der Waals surface area contributed by atoms with Crippen LogP contribution in [0.5, 0.6) is 0 Å². The normalized spacial score (nSPS) is 21.8. The van der Waals surface area contributed by atoms with Crippen molar-refractivity contribution in [3.8, 4) is 11.4 Å². The molecule has 1 aromatic heterocycles. The van der Waals surface area contributed by atoms with Crippen molar-refractivity contribution < 1.29 is 0 Å². The van der Waals surface area contributed by atoms with Gasteiger partial charge in [0.2, 0.25) is 0 Å². The third kappa shape index (κ3) is 2.17. The van der Waals surface area contributed by atoms with E-state index in [4.69, 9.17) is 5.73 Å². The number of benzene rings is 1. The van der Waals surface area contributed by atoms with E-state index in [0.29, 0.717) is 6.04 Å². The van der Waals surface area contributed by atoms with E-state index in [1.165, 1.54) is 19.3 Å². The lowest BCUT2D eigenvalue weighted by Gasteiger charge is -2.38. The molecule has 1 aromatic carbocycles. The van der Waals surface area contributed by atoms with E-state index >= 15 is 0 Å². The SMILES string of the molecule is CC1(C)CCCCC1n1nnnc1-c1ccccc1N. The summed E-state index contributed by atoms with van der Waals surface area (Å²) in [6.45, 7) is 4.60. The van der Waals surface area contributed by atoms with Gasteiger partial charge in [-0.2, -0.15) is 0 Å². The highest BCUT2D eigenvalue weighted by atomic mass is 15.6. The van der Waals surface area contributed by atoms with Gasteiger partial charge >= 0.3 is 0 Å². The second-order valence-corrected chi connectivity index (χ2v) is 6.28. The highest BCUT2D eigenvalue weighted by Crippen LogP contribution is 2.44. The van der Waals surface area contributed by atoms with Gasteiger partial charge in [0.25, 0.3) is 0 Å². The molecule has 106 valence electrons. The number of rotatable bonds is 2. The Labute approximate surface area is 119 Å². The summed E-state index contributed by atoms with van der Waals surface area (Å²) in [5, 5.41) is 12.4. The minimum absolute atomic E-state index is 0.214. The lowest BCUT2D eigenvalue weighted by Crippen LogP contribution is -2.31. The van der Waals surface area contributed by atoms with Gasteiger partial charge in [-0.05, 0) is 40.8 Å². The number of nitrogen functional groups attached to an aromatic ring is 1. The first-order chi connectivity index (χ1) is 9.59. The second kappa shape index (κ2) is 4.89. The van der Waals surface area contributed by atoms with Crippen molar-refractivity contribution in [2.24, 2.45) is 5.41 Å². The first-order valence-electron chi connectivity index (χ1n) is 7.22. The van der Waals surface area contributed by atoms with E-state index in [1.54, 1.807) is 0 Å². The van der Waals surface area contributed by atoms with Crippen LogP contribution in [0.1, 0.15) is 45.6 Å². The highest BCUT2D eigenvalue weighted by molar-refractivity contribution is 5.71. The Kier molecular flexibility index (Phi) is 3.20. The number of hydrogen-bond donors (Lipinski definition) is 1. The molecule has 20 heavy (non-hydrogen) atoms. The molecule has 1 atom stereocenters. The summed E-state index contributed by atoms with van der Waals surface area (Å²) in [5.41, 5.74) is 7.92. The van der Waals surface area contributed by atoms with Crippen molar-refractivity contribution in [1.82, 2.24) is 20.2 Å². The largest absolute Gasteiger partial charge is 0.398 e. The quantitative estimate of drug-likeness (QED) is 0.852. The van der Waals surface area contributed by atoms with Crippen LogP contribution in [0.15, 0.2) is 24.3 Å². The first-order valence-corrected chi connectivity index (χ1v) is 7.22. The standard InChI is InChI=1S/C15H21N5/c1-15(2)10-6-5-9-13(15)20-14(17-18-19-20)11-7-3-4-8-12(11)16/h3-4,7-8,13H,5-6,9-10,16H2,1-2H3. The molecule has 5 nitrogen and oxygen atoms in total. The molecule has 1 heterocycles. The molecule has 1 saturated carbocycles. The number of anilines is 1. The summed E-state index contributed by atoms with van der Waals surface area (Å²) in [7, 11) is 0. The molecule has 1 aliphatic carbocycles. The minimum Gasteiger partial charge on any atom is -0.398 e. The Hall–Kier alpha value is -1.91. The maximum Gasteiger partial charge on any atom is 0.184 e. The van der Waals surface area contributed by atoms with Crippen LogP contribution in [-0.4, -0.2) is 20.2 Å². The number of nitrogens with zero attached hydrogens (tertiary/aromatic N) is 4. The topological polar surface area (TPSA) is 69.6 Å². The Morgan fingerprint density at radius 3 is 2.80 bits per heavy atom. The average Bonchev–Trinajstić information content (AvgIpc) is 2.87. The maximum atomic E-state index is 6.07. The number of hydrogen-bond acceptors (Lipinski definition) is 4. The van der Waals surface area contributed by atoms with Crippen LogP contribution in [-0.2, 0) is 0 Å². The molecule has 0 spiro atoms. The molecule has 3 rings (SSSR count). The minimum atomic E-state index is 0.214. The fraction of sp³-hybridized carbons (Fsp3) is 0.533. The molecular weight excluding hydrogens is 250 g/mol. The molecule has 2 N–H and O–H groups in total. The van der Waals surface area contributed by atoms with Crippen molar-refractivity contribution in [2.75, 3.05) is 5.73 Å². The van der Waals surface area contributed by atoms with E-state index in [0.717, 1.165) is 23.5 Å². The fourth-order valence-electron chi connectivity index (χ4n) is 3.21. The zero-order valence-electron chi connectivity index (χ0n) is 12.1. The molecular formula is C15H21N5. The van der Waals surface area contributed by atoms with E-state index in [-0.39, 0.29) is 5.41 Å². The molecule has 0 amide bonds. The second-order valence-electron chi connectivity index (χ2n) is 6.28. The zero-order chi connectivity index (χ0) is 14.2. The highest BCUT2D eigenvalue weighted by Gasteiger charge is 2.36. The van der Waals surface area contributed by atoms with Gasteiger partial charge in [-0.3, -0.25) is 0 Å². The molecule has 0 bridgehead atoms. The number of tetrazole rings is 1. The van der Waals surface area contributed by atoms with Crippen LogP contribution in [0, 0.1) is 5.41 Å². The Morgan fingerprint density at radius 1 is 1.25 bits per heavy atom. The van der Waals surface area contributed by atoms with Gasteiger partial charge in [0.1, 0.15) is 0 Å². The van der Waals surface area contributed by atoms with Crippen molar-refractivity contribution >= 4 is 5.69 Å². The molecule has 0 saturated heterocycles. The number of aromatic nitrogens is 4. The zero-order valence-corrected chi connectivity index (χ0v) is 12.1. The Morgan fingerprint density at radius 2 is 2.05 bits per heavy atom. The molecule has 1 aliphatic rings. The molecule has 5 heteroatoms. The van der Waals surface area contributed by atoms with Crippen molar-refractivity contribution in [1.29, 1.82) is 0 Å². The van der Waals surface area contributed by atoms with Gasteiger partial charge < -0.3 is 5.73 Å². The van der Waals surface area contributed by atoms with Gasteiger partial charge in [0.15, 0.2) is 5.82 Å². The average molecular weight is 271 g/mol. The van der Waals surface area contributed by atoms with Crippen LogP contribution in [0.2, 0.25) is 0 Å². The molecule has 1 fully saturated rings. The van der Waals surface area contributed by atoms with E-state index in [2.05, 4.69) is 29.4 Å². The van der Waals surface area contributed by atoms with Gasteiger partial charge in [0.05, 0.1) is 6.04 Å². The monoisotopic (exact) mass is 271 g/mol. The van der Waals surface area contributed by atoms with E-state index in [9.17, 15) is 0 Å².